The van der Waals surface area contributed by atoms with Crippen LogP contribution >= 0.6 is 0 Å². The predicted molar refractivity (Wildman–Crippen MR) is 106 cm³/mol. The van der Waals surface area contributed by atoms with Crippen molar-refractivity contribution in [2.75, 3.05) is 0 Å². The summed E-state index contributed by atoms with van der Waals surface area (Å²) in [4.78, 5) is 4.46. The molecule has 0 N–H and O–H groups in total. The summed E-state index contributed by atoms with van der Waals surface area (Å²) in [6.07, 6.45) is 1.78. The first kappa shape index (κ1) is 17.2. The fourth-order valence-corrected chi connectivity index (χ4v) is 3.98. The van der Waals surface area contributed by atoms with Crippen molar-refractivity contribution < 1.29 is 29.6 Å². The van der Waals surface area contributed by atoms with Crippen LogP contribution in [0.1, 0.15) is 0 Å². The molecule has 0 unspecified atom stereocenters. The second-order valence-electron chi connectivity index (χ2n) is 6.72. The summed E-state index contributed by atoms with van der Waals surface area (Å²) < 4.78 is 12.5. The Morgan fingerprint density at radius 3 is 2.14 bits per heavy atom. The minimum absolute atomic E-state index is 0. The largest absolute Gasteiger partial charge is 0.478 e. The van der Waals surface area contributed by atoms with Crippen LogP contribution in [0, 0.1) is 6.07 Å². The van der Waals surface area contributed by atoms with Crippen LogP contribution in [0.5, 0.6) is 23.0 Å². The second kappa shape index (κ2) is 6.63. The van der Waals surface area contributed by atoms with Gasteiger partial charge in [-0.2, -0.15) is 0 Å². The molecule has 6 rings (SSSR count). The minimum Gasteiger partial charge on any atom is -0.478 e. The van der Waals surface area contributed by atoms with Crippen molar-refractivity contribution in [2.45, 2.75) is 0 Å². The first-order valence-corrected chi connectivity index (χ1v) is 8.94. The van der Waals surface area contributed by atoms with Gasteiger partial charge in [0, 0.05) is 37.8 Å². The molecule has 0 fully saturated rings. The smallest absolute Gasteiger partial charge is 0.208 e. The number of hydrogen-bond donors (Lipinski definition) is 0. The summed E-state index contributed by atoms with van der Waals surface area (Å²) >= 11 is 0. The Morgan fingerprint density at radius 1 is 0.750 bits per heavy atom. The monoisotopic (exact) mass is 539 g/mol. The van der Waals surface area contributed by atoms with Gasteiger partial charge in [0.25, 0.3) is 0 Å². The molecule has 3 heterocycles. The van der Waals surface area contributed by atoms with E-state index in [1.807, 2.05) is 48.5 Å². The van der Waals surface area contributed by atoms with Gasteiger partial charge >= 0.3 is 0 Å². The van der Waals surface area contributed by atoms with Crippen molar-refractivity contribution in [3.8, 4) is 34.3 Å². The number of rotatable bonds is 1. The van der Waals surface area contributed by atoms with Gasteiger partial charge in [0.2, 0.25) is 6.71 Å². The molecule has 1 radical (unpaired) electrons. The zero-order chi connectivity index (χ0) is 17.8. The van der Waals surface area contributed by atoms with Crippen LogP contribution < -0.4 is 25.9 Å². The van der Waals surface area contributed by atoms with Crippen LogP contribution in [0.25, 0.3) is 11.3 Å². The molecule has 2 aliphatic heterocycles. The average Bonchev–Trinajstić information content (AvgIpc) is 2.74. The third kappa shape index (κ3) is 2.51. The fourth-order valence-electron chi connectivity index (χ4n) is 3.98. The number of ether oxygens (including phenoxy) is 2. The molecule has 5 heteroatoms. The summed E-state index contributed by atoms with van der Waals surface area (Å²) in [5, 5.41) is 0. The molecule has 4 aromatic rings. The van der Waals surface area contributed by atoms with E-state index in [4.69, 9.17) is 9.47 Å². The molecule has 3 nitrogen and oxygen atoms in total. The van der Waals surface area contributed by atoms with E-state index < -0.39 is 0 Å². The SMILES string of the molecule is [Ir].[c-]1c(-c2ccccn2)cc2c3c1Oc1ccccc1B3c1ccccc1O2. The molecule has 0 saturated carbocycles. The Kier molecular flexibility index (Phi) is 4.08. The van der Waals surface area contributed by atoms with Gasteiger partial charge in [-0.05, 0) is 34.8 Å². The van der Waals surface area contributed by atoms with Gasteiger partial charge in [-0.25, -0.2) is 0 Å². The van der Waals surface area contributed by atoms with E-state index in [0.29, 0.717) is 5.75 Å². The van der Waals surface area contributed by atoms with Crippen molar-refractivity contribution in [1.29, 1.82) is 0 Å². The third-order valence-electron chi connectivity index (χ3n) is 5.16. The first-order chi connectivity index (χ1) is 13.4. The van der Waals surface area contributed by atoms with Crippen molar-refractivity contribution in [3.63, 3.8) is 0 Å². The van der Waals surface area contributed by atoms with Crippen LogP contribution in [0.15, 0.2) is 79.0 Å². The summed E-state index contributed by atoms with van der Waals surface area (Å²) in [5.74, 6) is 3.27. The molecule has 3 aromatic carbocycles. The van der Waals surface area contributed by atoms with E-state index in [2.05, 4.69) is 35.3 Å². The molecule has 0 bridgehead atoms. The summed E-state index contributed by atoms with van der Waals surface area (Å²) in [6, 6.07) is 27.7. The van der Waals surface area contributed by atoms with Crippen LogP contribution in [0.2, 0.25) is 0 Å². The van der Waals surface area contributed by atoms with Crippen molar-refractivity contribution in [1.82, 2.24) is 4.98 Å². The molecule has 0 saturated heterocycles. The normalized spacial score (nSPS) is 12.5. The standard InChI is InChI=1S/C23H13BNO2.Ir/c1-3-10-19-16(7-1)24-17-8-2-4-11-20(17)27-22-14-15(13-21(26-19)23(22)24)18-9-5-6-12-25-18;/h1-13H;/q-1;. The number of benzene rings is 3. The van der Waals surface area contributed by atoms with E-state index in [0.717, 1.165) is 44.9 Å². The summed E-state index contributed by atoms with van der Waals surface area (Å²) in [6.45, 7) is 0.0823. The maximum absolute atomic E-state index is 6.27. The van der Waals surface area contributed by atoms with Crippen LogP contribution in [0.4, 0.5) is 0 Å². The Balaban J connectivity index is 0.00000171. The summed E-state index contributed by atoms with van der Waals surface area (Å²) in [5.41, 5.74) is 5.05. The van der Waals surface area contributed by atoms with Crippen LogP contribution in [-0.2, 0) is 20.1 Å². The number of fused-ring (bicyclic) bond motifs is 4. The Labute approximate surface area is 176 Å². The third-order valence-corrected chi connectivity index (χ3v) is 5.16. The zero-order valence-electron chi connectivity index (χ0n) is 14.7. The maximum atomic E-state index is 6.27. The maximum Gasteiger partial charge on any atom is 0.208 e. The molecule has 0 atom stereocenters. The molecular formula is C23H13BIrNO2-. The number of nitrogens with zero attached hydrogens (tertiary/aromatic N) is 1. The molecule has 0 spiro atoms. The number of pyridine rings is 1. The van der Waals surface area contributed by atoms with Gasteiger partial charge in [0.1, 0.15) is 11.5 Å². The van der Waals surface area contributed by atoms with E-state index in [9.17, 15) is 0 Å². The fraction of sp³-hybridized carbons (Fsp3) is 0. The molecule has 1 aromatic heterocycles. The quantitative estimate of drug-likeness (QED) is 0.238. The molecule has 135 valence electrons. The van der Waals surface area contributed by atoms with Crippen molar-refractivity contribution in [2.24, 2.45) is 0 Å². The number of hydrogen-bond acceptors (Lipinski definition) is 3. The minimum atomic E-state index is 0. The molecule has 0 aliphatic carbocycles. The summed E-state index contributed by atoms with van der Waals surface area (Å²) in [7, 11) is 0. The van der Waals surface area contributed by atoms with Gasteiger partial charge in [-0.1, -0.05) is 60.1 Å². The zero-order valence-corrected chi connectivity index (χ0v) is 17.1. The number of para-hydroxylation sites is 2. The van der Waals surface area contributed by atoms with Gasteiger partial charge < -0.3 is 14.5 Å². The van der Waals surface area contributed by atoms with Crippen LogP contribution in [0.3, 0.4) is 0 Å². The topological polar surface area (TPSA) is 31.4 Å². The van der Waals surface area contributed by atoms with Gasteiger partial charge in [0.15, 0.2) is 0 Å². The van der Waals surface area contributed by atoms with Gasteiger partial charge in [-0.3, -0.25) is 0 Å². The predicted octanol–water partition coefficient (Wildman–Crippen LogP) is 3.27. The molecule has 2 aliphatic rings. The van der Waals surface area contributed by atoms with Crippen molar-refractivity contribution >= 4 is 23.1 Å². The second-order valence-corrected chi connectivity index (χ2v) is 6.72. The van der Waals surface area contributed by atoms with E-state index in [1.54, 1.807) is 6.20 Å². The molecule has 28 heavy (non-hydrogen) atoms. The van der Waals surface area contributed by atoms with E-state index >= 15 is 0 Å². The average molecular weight is 538 g/mol. The molecular weight excluding hydrogens is 525 g/mol. The first-order valence-electron chi connectivity index (χ1n) is 8.94. The Morgan fingerprint density at radius 2 is 1.43 bits per heavy atom. The van der Waals surface area contributed by atoms with Crippen molar-refractivity contribution in [3.05, 3.63) is 85.1 Å². The van der Waals surface area contributed by atoms with E-state index in [-0.39, 0.29) is 26.8 Å². The molecule has 0 amide bonds. The van der Waals surface area contributed by atoms with E-state index in [1.165, 1.54) is 0 Å². The van der Waals surface area contributed by atoms with Gasteiger partial charge in [0.05, 0.1) is 0 Å². The Hall–Kier alpha value is -2.88. The van der Waals surface area contributed by atoms with Crippen LogP contribution in [-0.4, -0.2) is 11.7 Å². The van der Waals surface area contributed by atoms with Gasteiger partial charge in [-0.15, -0.1) is 11.6 Å². The number of aromatic nitrogens is 1. The Bertz CT molecular complexity index is 1130.